The summed E-state index contributed by atoms with van der Waals surface area (Å²) in [6.45, 7) is 8.35. The fraction of sp³-hybridized carbons (Fsp3) is 0.406. The summed E-state index contributed by atoms with van der Waals surface area (Å²) in [5.74, 6) is 1.63. The third-order valence-corrected chi connectivity index (χ3v) is 6.54. The number of carbonyl (C=O) groups excluding carboxylic acids is 2. The number of nitrogens with one attached hydrogen (secondary N) is 1. The molecule has 2 amide bonds. The number of hydrogen-bond donors (Lipinski definition) is 1. The van der Waals surface area contributed by atoms with Crippen LogP contribution in [0.2, 0.25) is 0 Å². The lowest BCUT2D eigenvalue weighted by atomic mass is 9.99. The molecule has 0 radical (unpaired) electrons. The highest BCUT2D eigenvalue weighted by atomic mass is 19.1. The van der Waals surface area contributed by atoms with Crippen LogP contribution < -0.4 is 19.5 Å². The van der Waals surface area contributed by atoms with Gasteiger partial charge >= 0.3 is 6.09 Å². The van der Waals surface area contributed by atoms with E-state index in [1.165, 1.54) is 12.1 Å². The molecule has 3 heterocycles. The summed E-state index contributed by atoms with van der Waals surface area (Å²) in [4.78, 5) is 29.6. The zero-order chi connectivity index (χ0) is 30.0. The van der Waals surface area contributed by atoms with E-state index in [9.17, 15) is 14.0 Å². The first-order valence-corrected chi connectivity index (χ1v) is 14.1. The number of ether oxygens (including phenoxy) is 4. The van der Waals surface area contributed by atoms with Crippen molar-refractivity contribution in [2.75, 3.05) is 33.0 Å². The lowest BCUT2D eigenvalue weighted by Gasteiger charge is -2.34. The number of likely N-dealkylation sites (tertiary alicyclic amines) is 1. The highest BCUT2D eigenvalue weighted by molar-refractivity contribution is 5.94. The molecule has 2 aromatic carbocycles. The van der Waals surface area contributed by atoms with Crippen LogP contribution in [0.25, 0.3) is 0 Å². The molecule has 0 spiro atoms. The molecule has 0 aliphatic carbocycles. The molecule has 1 aromatic heterocycles. The Kier molecular flexibility index (Phi) is 10.6. The van der Waals surface area contributed by atoms with Crippen LogP contribution in [-0.2, 0) is 11.2 Å². The molecule has 224 valence electrons. The number of carbonyl (C=O) groups is 2. The van der Waals surface area contributed by atoms with Gasteiger partial charge in [-0.1, -0.05) is 18.2 Å². The smallest absolute Gasteiger partial charge is 0.410 e. The molecule has 9 nitrogen and oxygen atoms in total. The standard InChI is InChI=1S/C18H25NO5.C14H13FN2O/c1-18(2,3)24-17(20)19-8-4-5-13(10-19)11-21-14-6-7-15-16(9-14)23-12-22-15;15-13-6-2-1-5-12(13)14(18)17-9-7-11-4-3-8-16-10-11/h6-7,9,13H,4-5,8,10-12H2,1-3H3;1-6,8,10H,7,9H2,(H,17,18). The SMILES string of the molecule is CC(C)(C)OC(=O)N1CCCC(COc2ccc3c(c2)OCO3)C1.O=C(NCCc1cccnc1)c1ccccc1F. The van der Waals surface area contributed by atoms with E-state index in [0.29, 0.717) is 37.8 Å². The molecule has 2 aliphatic heterocycles. The van der Waals surface area contributed by atoms with Gasteiger partial charge in [-0.15, -0.1) is 0 Å². The first-order valence-electron chi connectivity index (χ1n) is 14.1. The maximum absolute atomic E-state index is 13.3. The quantitative estimate of drug-likeness (QED) is 0.387. The molecule has 5 rings (SSSR count). The fourth-order valence-corrected chi connectivity index (χ4v) is 4.48. The number of amides is 2. The van der Waals surface area contributed by atoms with Crippen molar-refractivity contribution in [3.05, 3.63) is 83.9 Å². The lowest BCUT2D eigenvalue weighted by Crippen LogP contribution is -2.44. The topological polar surface area (TPSA) is 99.2 Å². The molecule has 2 aliphatic rings. The largest absolute Gasteiger partial charge is 0.493 e. The molecule has 1 fully saturated rings. The Hall–Kier alpha value is -4.34. The number of pyridine rings is 1. The summed E-state index contributed by atoms with van der Waals surface area (Å²) in [5, 5.41) is 2.68. The van der Waals surface area contributed by atoms with E-state index in [1.54, 1.807) is 29.4 Å². The van der Waals surface area contributed by atoms with Gasteiger partial charge in [0.05, 0.1) is 12.2 Å². The van der Waals surface area contributed by atoms with Crippen LogP contribution in [0.3, 0.4) is 0 Å². The van der Waals surface area contributed by atoms with Crippen molar-refractivity contribution < 1.29 is 32.9 Å². The maximum Gasteiger partial charge on any atom is 0.410 e. The second-order valence-electron chi connectivity index (χ2n) is 11.1. The zero-order valence-corrected chi connectivity index (χ0v) is 24.3. The van der Waals surface area contributed by atoms with Gasteiger partial charge in [-0.05, 0) is 75.9 Å². The van der Waals surface area contributed by atoms with Crippen molar-refractivity contribution in [3.63, 3.8) is 0 Å². The summed E-state index contributed by atoms with van der Waals surface area (Å²) in [6, 6.07) is 15.3. The highest BCUT2D eigenvalue weighted by Crippen LogP contribution is 2.35. The Labute approximate surface area is 245 Å². The van der Waals surface area contributed by atoms with Gasteiger partial charge in [0.25, 0.3) is 5.91 Å². The molecule has 10 heteroatoms. The predicted molar refractivity (Wildman–Crippen MR) is 155 cm³/mol. The molecular formula is C32H38FN3O6. The number of rotatable bonds is 7. The minimum atomic E-state index is -0.503. The van der Waals surface area contributed by atoms with E-state index >= 15 is 0 Å². The van der Waals surface area contributed by atoms with E-state index in [4.69, 9.17) is 18.9 Å². The Balaban J connectivity index is 0.000000201. The maximum atomic E-state index is 13.3. The van der Waals surface area contributed by atoms with Crippen molar-refractivity contribution in [1.82, 2.24) is 15.2 Å². The first kappa shape index (κ1) is 30.6. The Morgan fingerprint density at radius 3 is 2.67 bits per heavy atom. The number of hydrogen-bond acceptors (Lipinski definition) is 7. The molecular weight excluding hydrogens is 541 g/mol. The van der Waals surface area contributed by atoms with Crippen LogP contribution in [0.5, 0.6) is 17.2 Å². The Bertz CT molecular complexity index is 1330. The van der Waals surface area contributed by atoms with E-state index in [2.05, 4.69) is 10.3 Å². The minimum Gasteiger partial charge on any atom is -0.493 e. The van der Waals surface area contributed by atoms with Crippen LogP contribution in [0, 0.1) is 11.7 Å². The van der Waals surface area contributed by atoms with E-state index < -0.39 is 17.3 Å². The minimum absolute atomic E-state index is 0.0729. The van der Waals surface area contributed by atoms with Gasteiger partial charge in [-0.2, -0.15) is 0 Å². The van der Waals surface area contributed by atoms with Crippen molar-refractivity contribution in [1.29, 1.82) is 0 Å². The molecule has 1 unspecified atom stereocenters. The summed E-state index contributed by atoms with van der Waals surface area (Å²) in [6.07, 6.45) is 5.89. The normalized spacial score (nSPS) is 15.7. The van der Waals surface area contributed by atoms with Crippen molar-refractivity contribution in [2.45, 2.75) is 45.6 Å². The van der Waals surface area contributed by atoms with Gasteiger partial charge in [0, 0.05) is 44.0 Å². The molecule has 42 heavy (non-hydrogen) atoms. The third kappa shape index (κ3) is 9.36. The van der Waals surface area contributed by atoms with Crippen molar-refractivity contribution in [2.24, 2.45) is 5.92 Å². The number of piperidine rings is 1. The Morgan fingerprint density at radius 1 is 1.10 bits per heavy atom. The van der Waals surface area contributed by atoms with Crippen LogP contribution in [-0.4, -0.2) is 60.5 Å². The van der Waals surface area contributed by atoms with Crippen molar-refractivity contribution >= 4 is 12.0 Å². The van der Waals surface area contributed by atoms with Crippen molar-refractivity contribution in [3.8, 4) is 17.2 Å². The number of aromatic nitrogens is 1. The third-order valence-electron chi connectivity index (χ3n) is 6.54. The average Bonchev–Trinajstić information content (AvgIpc) is 3.45. The Morgan fingerprint density at radius 2 is 1.90 bits per heavy atom. The van der Waals surface area contributed by atoms with Crippen LogP contribution in [0.4, 0.5) is 9.18 Å². The highest BCUT2D eigenvalue weighted by Gasteiger charge is 2.28. The fourth-order valence-electron chi connectivity index (χ4n) is 4.48. The summed E-state index contributed by atoms with van der Waals surface area (Å²) >= 11 is 0. The van der Waals surface area contributed by atoms with Gasteiger partial charge in [-0.3, -0.25) is 9.78 Å². The molecule has 3 aromatic rings. The van der Waals surface area contributed by atoms with Gasteiger partial charge in [0.15, 0.2) is 11.5 Å². The number of fused-ring (bicyclic) bond motifs is 1. The number of nitrogens with zero attached hydrogens (tertiary/aromatic N) is 2. The summed E-state index contributed by atoms with van der Waals surface area (Å²) < 4.78 is 35.3. The molecule has 0 saturated carbocycles. The van der Waals surface area contributed by atoms with E-state index in [-0.39, 0.29) is 18.4 Å². The van der Waals surface area contributed by atoms with Crippen LogP contribution in [0.1, 0.15) is 49.5 Å². The van der Waals surface area contributed by atoms with Gasteiger partial charge < -0.3 is 29.2 Å². The number of benzene rings is 2. The van der Waals surface area contributed by atoms with Crippen LogP contribution in [0.15, 0.2) is 67.0 Å². The van der Waals surface area contributed by atoms with Gasteiger partial charge in [-0.25, -0.2) is 9.18 Å². The average molecular weight is 580 g/mol. The zero-order valence-electron chi connectivity index (χ0n) is 24.3. The van der Waals surface area contributed by atoms with E-state index in [1.807, 2.05) is 51.1 Å². The van der Waals surface area contributed by atoms with E-state index in [0.717, 1.165) is 36.4 Å². The van der Waals surface area contributed by atoms with Gasteiger partial charge in [0.1, 0.15) is 17.2 Å². The predicted octanol–water partition coefficient (Wildman–Crippen LogP) is 5.63. The van der Waals surface area contributed by atoms with Crippen LogP contribution >= 0.6 is 0 Å². The molecule has 1 saturated heterocycles. The summed E-state index contributed by atoms with van der Waals surface area (Å²) in [7, 11) is 0. The molecule has 1 atom stereocenters. The summed E-state index contributed by atoms with van der Waals surface area (Å²) in [5.41, 5.74) is 0.641. The van der Waals surface area contributed by atoms with Gasteiger partial charge in [0.2, 0.25) is 6.79 Å². The first-order chi connectivity index (χ1) is 20.2. The molecule has 1 N–H and O–H groups in total. The second-order valence-corrected chi connectivity index (χ2v) is 11.1. The second kappa shape index (κ2) is 14.5. The lowest BCUT2D eigenvalue weighted by molar-refractivity contribution is 0.0139. The monoisotopic (exact) mass is 579 g/mol. The molecule has 0 bridgehead atoms. The number of halogens is 1.